The summed E-state index contributed by atoms with van der Waals surface area (Å²) >= 11 is 0. The molecule has 6 nitrogen and oxygen atoms in total. The van der Waals surface area contributed by atoms with Gasteiger partial charge in [0, 0.05) is 30.2 Å². The van der Waals surface area contributed by atoms with Crippen LogP contribution in [0.3, 0.4) is 0 Å². The van der Waals surface area contributed by atoms with Gasteiger partial charge in [0.2, 0.25) is 0 Å². The van der Waals surface area contributed by atoms with Crippen LogP contribution in [0, 0.1) is 0 Å². The van der Waals surface area contributed by atoms with E-state index in [0.29, 0.717) is 43.9 Å². The van der Waals surface area contributed by atoms with Crippen molar-refractivity contribution in [1.29, 1.82) is 0 Å². The molecule has 0 spiro atoms. The van der Waals surface area contributed by atoms with Crippen LogP contribution in [0.5, 0.6) is 11.5 Å². The lowest BCUT2D eigenvalue weighted by molar-refractivity contribution is -0.141. The summed E-state index contributed by atoms with van der Waals surface area (Å²) in [6, 6.07) is 10.8. The molecule has 2 heterocycles. The number of alkyl halides is 3. The monoisotopic (exact) mass is 461 g/mol. The number of ether oxygens (including phenoxy) is 2. The average Bonchev–Trinajstić information content (AvgIpc) is 3.41. The van der Waals surface area contributed by atoms with Crippen molar-refractivity contribution in [2.24, 2.45) is 5.73 Å². The maximum absolute atomic E-state index is 13.2. The van der Waals surface area contributed by atoms with Crippen molar-refractivity contribution in [3.8, 4) is 11.5 Å². The van der Waals surface area contributed by atoms with Gasteiger partial charge < -0.3 is 24.3 Å². The number of hydrogen-bond donors (Lipinski definition) is 1. The molecule has 2 aromatic carbocycles. The first-order chi connectivity index (χ1) is 15.9. The van der Waals surface area contributed by atoms with Crippen molar-refractivity contribution >= 4 is 21.9 Å². The van der Waals surface area contributed by atoms with E-state index in [2.05, 4.69) is 9.72 Å². The zero-order valence-electron chi connectivity index (χ0n) is 18.3. The third kappa shape index (κ3) is 4.78. The Balaban J connectivity index is 1.46. The normalized spacial score (nSPS) is 12.0. The van der Waals surface area contributed by atoms with Gasteiger partial charge in [0.05, 0.1) is 17.5 Å². The largest absolute Gasteiger partial charge is 0.493 e. The van der Waals surface area contributed by atoms with Gasteiger partial charge in [-0.25, -0.2) is 0 Å². The van der Waals surface area contributed by atoms with Gasteiger partial charge in [0.1, 0.15) is 18.1 Å². The molecule has 0 amide bonds. The summed E-state index contributed by atoms with van der Waals surface area (Å²) in [6.07, 6.45) is -0.576. The molecule has 2 aromatic heterocycles. The van der Waals surface area contributed by atoms with Crippen LogP contribution in [0.15, 0.2) is 47.1 Å². The number of nitrogens with zero attached hydrogens (tertiary/aromatic N) is 2. The average molecular weight is 461 g/mol. The summed E-state index contributed by atoms with van der Waals surface area (Å²) in [4.78, 5) is 0. The molecule has 0 fully saturated rings. The molecule has 0 atom stereocenters. The van der Waals surface area contributed by atoms with Crippen molar-refractivity contribution in [3.05, 3.63) is 53.9 Å². The summed E-state index contributed by atoms with van der Waals surface area (Å²) in [5.74, 6) is 1.33. The number of benzene rings is 2. The quantitative estimate of drug-likeness (QED) is 0.313. The fourth-order valence-electron chi connectivity index (χ4n) is 3.97. The lowest BCUT2D eigenvalue weighted by atomic mass is 10.0. The fraction of sp³-hybridized carbons (Fsp3) is 0.375. The van der Waals surface area contributed by atoms with E-state index in [1.807, 2.05) is 37.4 Å². The Morgan fingerprint density at radius 1 is 1.03 bits per heavy atom. The molecule has 0 saturated carbocycles. The third-order valence-electron chi connectivity index (χ3n) is 5.42. The standard InChI is InChI=1S/C24H26F3N3O3/c1-2-5-17-21(9-8-18-22(17)33-29-23(18)24(25,26)27)31-14-4-12-30-13-10-16-19(30)6-3-7-20(16)32-15-11-28/h3,6-10,13H,2,4-5,11-12,14-15,28H2,1H3. The van der Waals surface area contributed by atoms with Gasteiger partial charge in [-0.3, -0.25) is 0 Å². The molecule has 4 aromatic rings. The first-order valence-corrected chi connectivity index (χ1v) is 11.0. The Bertz CT molecular complexity index is 1230. The summed E-state index contributed by atoms with van der Waals surface area (Å²) < 4.78 is 58.4. The molecule has 9 heteroatoms. The minimum atomic E-state index is -4.56. The predicted molar refractivity (Wildman–Crippen MR) is 120 cm³/mol. The van der Waals surface area contributed by atoms with Gasteiger partial charge in [-0.2, -0.15) is 13.2 Å². The summed E-state index contributed by atoms with van der Waals surface area (Å²) in [5, 5.41) is 4.24. The SMILES string of the molecule is CCCc1c(OCCCn2ccc3c(OCCN)cccc32)ccc2c(C(F)(F)F)noc12. The molecule has 33 heavy (non-hydrogen) atoms. The number of nitrogens with two attached hydrogens (primary N) is 1. The smallest absolute Gasteiger partial charge is 0.437 e. The van der Waals surface area contributed by atoms with E-state index in [-0.39, 0.29) is 11.0 Å². The Kier molecular flexibility index (Phi) is 6.78. The summed E-state index contributed by atoms with van der Waals surface area (Å²) in [7, 11) is 0. The number of aromatic nitrogens is 2. The van der Waals surface area contributed by atoms with Crippen LogP contribution >= 0.6 is 0 Å². The molecule has 0 bridgehead atoms. The molecule has 0 aliphatic heterocycles. The fourth-order valence-corrected chi connectivity index (χ4v) is 3.97. The number of rotatable bonds is 10. The van der Waals surface area contributed by atoms with Gasteiger partial charge in [0.15, 0.2) is 11.3 Å². The van der Waals surface area contributed by atoms with Gasteiger partial charge in [-0.15, -0.1) is 0 Å². The Morgan fingerprint density at radius 2 is 1.85 bits per heavy atom. The molecule has 2 N–H and O–H groups in total. The first kappa shape index (κ1) is 23.0. The molecular weight excluding hydrogens is 435 g/mol. The topological polar surface area (TPSA) is 75.4 Å². The van der Waals surface area contributed by atoms with Crippen LogP contribution in [0.2, 0.25) is 0 Å². The van der Waals surface area contributed by atoms with Gasteiger partial charge >= 0.3 is 6.18 Å². The van der Waals surface area contributed by atoms with Gasteiger partial charge in [-0.1, -0.05) is 24.6 Å². The van der Waals surface area contributed by atoms with Crippen LogP contribution in [0.4, 0.5) is 13.2 Å². The molecule has 0 radical (unpaired) electrons. The van der Waals surface area contributed by atoms with Crippen molar-refractivity contribution in [3.63, 3.8) is 0 Å². The van der Waals surface area contributed by atoms with Crippen molar-refractivity contribution in [1.82, 2.24) is 9.72 Å². The van der Waals surface area contributed by atoms with E-state index < -0.39 is 11.9 Å². The van der Waals surface area contributed by atoms with Crippen LogP contribution in [-0.2, 0) is 19.1 Å². The van der Waals surface area contributed by atoms with E-state index in [0.717, 1.165) is 29.6 Å². The lowest BCUT2D eigenvalue weighted by Gasteiger charge is -2.12. The number of aryl methyl sites for hydroxylation is 2. The molecule has 0 aliphatic carbocycles. The minimum Gasteiger partial charge on any atom is -0.493 e. The minimum absolute atomic E-state index is 0.0373. The Labute approximate surface area is 189 Å². The number of halogens is 3. The molecular formula is C24H26F3N3O3. The van der Waals surface area contributed by atoms with E-state index in [4.69, 9.17) is 19.7 Å². The van der Waals surface area contributed by atoms with E-state index in [1.165, 1.54) is 6.07 Å². The Morgan fingerprint density at radius 3 is 2.61 bits per heavy atom. The van der Waals surface area contributed by atoms with Crippen molar-refractivity contribution in [2.45, 2.75) is 38.9 Å². The second-order valence-corrected chi connectivity index (χ2v) is 7.74. The highest BCUT2D eigenvalue weighted by Gasteiger charge is 2.37. The Hall–Kier alpha value is -3.20. The van der Waals surface area contributed by atoms with Crippen LogP contribution in [-0.4, -0.2) is 29.5 Å². The number of fused-ring (bicyclic) bond motifs is 2. The maximum atomic E-state index is 13.2. The van der Waals surface area contributed by atoms with E-state index >= 15 is 0 Å². The highest BCUT2D eigenvalue weighted by atomic mass is 19.4. The summed E-state index contributed by atoms with van der Waals surface area (Å²) in [5.41, 5.74) is 6.34. The summed E-state index contributed by atoms with van der Waals surface area (Å²) in [6.45, 7) is 3.98. The van der Waals surface area contributed by atoms with E-state index in [1.54, 1.807) is 6.07 Å². The zero-order valence-corrected chi connectivity index (χ0v) is 18.3. The molecule has 0 saturated heterocycles. The highest BCUT2D eigenvalue weighted by Crippen LogP contribution is 2.38. The molecule has 0 aliphatic rings. The zero-order chi connectivity index (χ0) is 23.4. The third-order valence-corrected chi connectivity index (χ3v) is 5.42. The maximum Gasteiger partial charge on any atom is 0.437 e. The lowest BCUT2D eigenvalue weighted by Crippen LogP contribution is -2.10. The van der Waals surface area contributed by atoms with Crippen LogP contribution in [0.1, 0.15) is 31.0 Å². The molecule has 0 unspecified atom stereocenters. The molecule has 176 valence electrons. The second-order valence-electron chi connectivity index (χ2n) is 7.74. The van der Waals surface area contributed by atoms with Gasteiger partial charge in [-0.05, 0) is 43.2 Å². The van der Waals surface area contributed by atoms with Crippen LogP contribution < -0.4 is 15.2 Å². The van der Waals surface area contributed by atoms with Gasteiger partial charge in [0.25, 0.3) is 0 Å². The highest BCUT2D eigenvalue weighted by molar-refractivity contribution is 5.86. The number of hydrogen-bond acceptors (Lipinski definition) is 5. The van der Waals surface area contributed by atoms with E-state index in [9.17, 15) is 13.2 Å². The molecule has 4 rings (SSSR count). The predicted octanol–water partition coefficient (Wildman–Crippen LogP) is 5.56. The van der Waals surface area contributed by atoms with Crippen LogP contribution in [0.25, 0.3) is 21.9 Å². The first-order valence-electron chi connectivity index (χ1n) is 11.0. The van der Waals surface area contributed by atoms with Crippen molar-refractivity contribution in [2.75, 3.05) is 19.8 Å². The van der Waals surface area contributed by atoms with Crippen molar-refractivity contribution < 1.29 is 27.2 Å². The second kappa shape index (κ2) is 9.74.